The van der Waals surface area contributed by atoms with Crippen LogP contribution in [0.25, 0.3) is 0 Å². The first-order chi connectivity index (χ1) is 19.8. The van der Waals surface area contributed by atoms with Crippen molar-refractivity contribution in [1.29, 1.82) is 0 Å². The zero-order chi connectivity index (χ0) is 29.1. The van der Waals surface area contributed by atoms with Gasteiger partial charge in [-0.05, 0) is 87.3 Å². The smallest absolute Gasteiger partial charge is 0.337 e. The second-order valence-corrected chi connectivity index (χ2v) is 10.8. The summed E-state index contributed by atoms with van der Waals surface area (Å²) >= 11 is 0. The third kappa shape index (κ3) is 6.01. The van der Waals surface area contributed by atoms with E-state index in [1.807, 2.05) is 38.1 Å². The summed E-state index contributed by atoms with van der Waals surface area (Å²) in [6, 6.07) is 13.0. The van der Waals surface area contributed by atoms with Crippen molar-refractivity contribution in [3.63, 3.8) is 0 Å². The number of esters is 2. The zero-order valence-corrected chi connectivity index (χ0v) is 24.1. The molecule has 8 nitrogen and oxygen atoms in total. The number of carbonyl (C=O) groups is 3. The molecule has 2 atom stereocenters. The van der Waals surface area contributed by atoms with Gasteiger partial charge in [0.1, 0.15) is 11.9 Å². The Kier molecular flexibility index (Phi) is 8.47. The first-order valence-electron chi connectivity index (χ1n) is 14.3. The molecule has 0 aromatic heterocycles. The average molecular weight is 560 g/mol. The number of hydrogen-bond donors (Lipinski definition) is 1. The Morgan fingerprint density at radius 3 is 2.34 bits per heavy atom. The van der Waals surface area contributed by atoms with Crippen molar-refractivity contribution >= 4 is 17.7 Å². The van der Waals surface area contributed by atoms with Crippen LogP contribution in [0.2, 0.25) is 0 Å². The fourth-order valence-electron chi connectivity index (χ4n) is 6.19. The van der Waals surface area contributed by atoms with E-state index in [0.717, 1.165) is 42.7 Å². The van der Waals surface area contributed by atoms with E-state index in [9.17, 15) is 14.4 Å². The van der Waals surface area contributed by atoms with Crippen molar-refractivity contribution < 1.29 is 33.3 Å². The predicted molar refractivity (Wildman–Crippen MR) is 153 cm³/mol. The molecule has 1 aliphatic heterocycles. The van der Waals surface area contributed by atoms with Gasteiger partial charge in [-0.1, -0.05) is 18.2 Å². The summed E-state index contributed by atoms with van der Waals surface area (Å²) in [5.41, 5.74) is 4.23. The van der Waals surface area contributed by atoms with Gasteiger partial charge in [0.15, 0.2) is 17.3 Å². The highest BCUT2D eigenvalue weighted by Gasteiger charge is 2.42. The molecule has 0 amide bonds. The lowest BCUT2D eigenvalue weighted by Crippen LogP contribution is -2.36. The molecule has 2 unspecified atom stereocenters. The molecule has 2 aromatic carbocycles. The summed E-state index contributed by atoms with van der Waals surface area (Å²) in [6.45, 7) is 5.39. The zero-order valence-electron chi connectivity index (χ0n) is 24.1. The van der Waals surface area contributed by atoms with Gasteiger partial charge in [0, 0.05) is 36.2 Å². The van der Waals surface area contributed by atoms with E-state index in [2.05, 4.69) is 5.32 Å². The Hall–Kier alpha value is -4.07. The first kappa shape index (κ1) is 28.5. The summed E-state index contributed by atoms with van der Waals surface area (Å²) in [5, 5.41) is 3.42. The molecular formula is C33H37NO7. The average Bonchev–Trinajstić information content (AvgIpc) is 3.46. The summed E-state index contributed by atoms with van der Waals surface area (Å²) in [4.78, 5) is 39.4. The fourth-order valence-corrected chi connectivity index (χ4v) is 6.19. The van der Waals surface area contributed by atoms with Crippen LogP contribution in [0.1, 0.15) is 82.3 Å². The predicted octanol–water partition coefficient (Wildman–Crippen LogP) is 5.87. The van der Waals surface area contributed by atoms with Crippen molar-refractivity contribution in [3.8, 4) is 17.2 Å². The second kappa shape index (κ2) is 12.2. The third-order valence-corrected chi connectivity index (χ3v) is 8.07. The summed E-state index contributed by atoms with van der Waals surface area (Å²) in [6.07, 6.45) is 4.58. The Labute approximate surface area is 240 Å². The van der Waals surface area contributed by atoms with E-state index < -0.39 is 17.9 Å². The number of ether oxygens (including phenoxy) is 4. The second-order valence-electron chi connectivity index (χ2n) is 10.8. The Morgan fingerprint density at radius 1 is 0.976 bits per heavy atom. The van der Waals surface area contributed by atoms with Crippen molar-refractivity contribution in [2.75, 3.05) is 13.7 Å². The Bertz CT molecular complexity index is 1400. The molecule has 1 N–H and O–H groups in total. The number of nitrogens with one attached hydrogen (secondary N) is 1. The van der Waals surface area contributed by atoms with Crippen molar-refractivity contribution in [1.82, 2.24) is 5.32 Å². The number of ketones is 1. The van der Waals surface area contributed by atoms with Crippen molar-refractivity contribution in [2.45, 2.75) is 77.2 Å². The quantitative estimate of drug-likeness (QED) is 0.317. The molecule has 1 saturated carbocycles. The van der Waals surface area contributed by atoms with Crippen LogP contribution in [-0.4, -0.2) is 37.5 Å². The van der Waals surface area contributed by atoms with E-state index in [1.54, 1.807) is 25.3 Å². The summed E-state index contributed by atoms with van der Waals surface area (Å²) < 4.78 is 22.5. The highest BCUT2D eigenvalue weighted by Crippen LogP contribution is 2.47. The number of hydrogen-bond acceptors (Lipinski definition) is 8. The van der Waals surface area contributed by atoms with E-state index in [-0.39, 0.29) is 23.6 Å². The van der Waals surface area contributed by atoms with Crippen LogP contribution >= 0.6 is 0 Å². The van der Waals surface area contributed by atoms with E-state index >= 15 is 0 Å². The van der Waals surface area contributed by atoms with Crippen molar-refractivity contribution in [3.05, 3.63) is 76.1 Å². The normalized spacial score (nSPS) is 20.8. The maximum absolute atomic E-state index is 14.0. The van der Waals surface area contributed by atoms with Gasteiger partial charge in [-0.3, -0.25) is 9.59 Å². The maximum atomic E-state index is 14.0. The summed E-state index contributed by atoms with van der Waals surface area (Å²) in [7, 11) is 1.63. The number of benzene rings is 2. The third-order valence-electron chi connectivity index (χ3n) is 8.07. The van der Waals surface area contributed by atoms with Gasteiger partial charge in [0.25, 0.3) is 0 Å². The molecule has 0 saturated heterocycles. The van der Waals surface area contributed by atoms with Gasteiger partial charge >= 0.3 is 11.9 Å². The van der Waals surface area contributed by atoms with Gasteiger partial charge in [-0.25, -0.2) is 4.79 Å². The molecule has 0 spiro atoms. The van der Waals surface area contributed by atoms with Crippen LogP contribution in [0, 0.1) is 0 Å². The Morgan fingerprint density at radius 2 is 1.68 bits per heavy atom. The highest BCUT2D eigenvalue weighted by atomic mass is 16.6. The van der Waals surface area contributed by atoms with Crippen LogP contribution in [0.5, 0.6) is 17.2 Å². The van der Waals surface area contributed by atoms with Crippen LogP contribution < -0.4 is 19.5 Å². The lowest BCUT2D eigenvalue weighted by molar-refractivity contribution is -0.144. The molecule has 5 rings (SSSR count). The number of rotatable bonds is 8. The monoisotopic (exact) mass is 559 g/mol. The molecule has 2 aromatic rings. The highest BCUT2D eigenvalue weighted by molar-refractivity contribution is 6.04. The van der Waals surface area contributed by atoms with Crippen molar-refractivity contribution in [2.24, 2.45) is 0 Å². The number of allylic oxidation sites excluding steroid dienone is 3. The number of dihydropyridines is 1. The Balaban J connectivity index is 1.57. The maximum Gasteiger partial charge on any atom is 0.337 e. The molecule has 1 heterocycles. The van der Waals surface area contributed by atoms with Gasteiger partial charge in [-0.15, -0.1) is 0 Å². The van der Waals surface area contributed by atoms with Crippen LogP contribution in [0.15, 0.2) is 65.0 Å². The van der Waals surface area contributed by atoms with Gasteiger partial charge in [-0.2, -0.15) is 0 Å². The molecule has 0 radical (unpaired) electrons. The number of Topliss-reactive ketones (excluding diaryl/α,β-unsaturated/α-hetero) is 1. The minimum absolute atomic E-state index is 0.00887. The van der Waals surface area contributed by atoms with Crippen LogP contribution in [-0.2, 0) is 19.1 Å². The number of methoxy groups -OCH3 is 1. The largest absolute Gasteiger partial charge is 0.497 e. The van der Waals surface area contributed by atoms with E-state index in [0.29, 0.717) is 47.6 Å². The number of carbonyl (C=O) groups excluding carboxylic acids is 3. The SMILES string of the molecule is CCOc1cc(C2C(C(=O)OC3CCCC3)=C(C)NC3=C2C(=O)CC(c2ccc(OC)cc2)C3)ccc1OC(C)=O. The molecular weight excluding hydrogens is 522 g/mol. The molecule has 8 heteroatoms. The molecule has 3 aliphatic rings. The lowest BCUT2D eigenvalue weighted by Gasteiger charge is -2.37. The molecule has 0 bridgehead atoms. The minimum atomic E-state index is -0.643. The molecule has 41 heavy (non-hydrogen) atoms. The van der Waals surface area contributed by atoms with Gasteiger partial charge in [0.05, 0.1) is 19.3 Å². The molecule has 2 aliphatic carbocycles. The summed E-state index contributed by atoms with van der Waals surface area (Å²) in [5.74, 6) is -0.124. The molecule has 1 fully saturated rings. The van der Waals surface area contributed by atoms with Gasteiger partial charge < -0.3 is 24.3 Å². The van der Waals surface area contributed by atoms with Crippen LogP contribution in [0.3, 0.4) is 0 Å². The minimum Gasteiger partial charge on any atom is -0.497 e. The standard InChI is InChI=1S/C33H37NO7/c1-5-39-29-18-22(12-15-28(29)40-20(3)35)31-30(33(37)41-25-8-6-7-9-25)19(2)34-26-16-23(17-27(36)32(26)31)21-10-13-24(38-4)14-11-21/h10-15,18,23,25,31,34H,5-9,16-17H2,1-4H3. The van der Waals surface area contributed by atoms with Gasteiger partial charge in [0.2, 0.25) is 0 Å². The van der Waals surface area contributed by atoms with E-state index in [1.165, 1.54) is 6.92 Å². The first-order valence-corrected chi connectivity index (χ1v) is 14.3. The van der Waals surface area contributed by atoms with Crippen LogP contribution in [0.4, 0.5) is 0 Å². The van der Waals surface area contributed by atoms with E-state index in [4.69, 9.17) is 18.9 Å². The topological polar surface area (TPSA) is 100 Å². The molecule has 216 valence electrons. The lowest BCUT2D eigenvalue weighted by atomic mass is 9.71. The fraction of sp³-hybridized carbons (Fsp3) is 0.424.